The van der Waals surface area contributed by atoms with Crippen LogP contribution < -0.4 is 0 Å². The van der Waals surface area contributed by atoms with E-state index in [4.69, 9.17) is 11.7 Å². The smallest absolute Gasteiger partial charge is 0.0822 e. The molecule has 14 heavy (non-hydrogen) atoms. The Balaban J connectivity index is 2.35. The van der Waals surface area contributed by atoms with E-state index in [0.29, 0.717) is 0 Å². The molecule has 1 saturated carbocycles. The van der Waals surface area contributed by atoms with E-state index in [-0.39, 0.29) is 5.41 Å². The van der Waals surface area contributed by atoms with Crippen LogP contribution in [0.4, 0.5) is 0 Å². The van der Waals surface area contributed by atoms with E-state index >= 15 is 0 Å². The van der Waals surface area contributed by atoms with E-state index in [1.54, 1.807) is 0 Å². The van der Waals surface area contributed by atoms with Crippen LogP contribution in [-0.4, -0.2) is 0 Å². The molecular formula is C13H11N. The number of terminal acetylenes is 1. The van der Waals surface area contributed by atoms with Gasteiger partial charge in [0.2, 0.25) is 0 Å². The second-order valence-corrected chi connectivity index (χ2v) is 3.77. The second kappa shape index (κ2) is 3.20. The maximum Gasteiger partial charge on any atom is 0.0822 e. The molecule has 68 valence electrons. The van der Waals surface area contributed by atoms with Crippen LogP contribution in [0.3, 0.4) is 0 Å². The third-order valence-corrected chi connectivity index (χ3v) is 3.03. The standard InChI is InChI=1S/C13H11N/c1-2-11-4-6-12(7-5-11)13(10-14)8-3-9-13/h1,4-7H,3,8-9H2. The molecule has 0 saturated heterocycles. The van der Waals surface area contributed by atoms with E-state index in [9.17, 15) is 0 Å². The van der Waals surface area contributed by atoms with Gasteiger partial charge < -0.3 is 0 Å². The van der Waals surface area contributed by atoms with Crippen LogP contribution in [0.25, 0.3) is 0 Å². The van der Waals surface area contributed by atoms with Gasteiger partial charge in [-0.3, -0.25) is 0 Å². The summed E-state index contributed by atoms with van der Waals surface area (Å²) in [5, 5.41) is 9.13. The van der Waals surface area contributed by atoms with Crippen LogP contribution in [0.1, 0.15) is 30.4 Å². The van der Waals surface area contributed by atoms with Crippen molar-refractivity contribution in [2.45, 2.75) is 24.7 Å². The van der Waals surface area contributed by atoms with Crippen molar-refractivity contribution in [2.24, 2.45) is 0 Å². The summed E-state index contributed by atoms with van der Waals surface area (Å²) < 4.78 is 0. The van der Waals surface area contributed by atoms with Gasteiger partial charge in [-0.05, 0) is 37.0 Å². The van der Waals surface area contributed by atoms with Crippen LogP contribution in [0.15, 0.2) is 24.3 Å². The summed E-state index contributed by atoms with van der Waals surface area (Å²) in [4.78, 5) is 0. The van der Waals surface area contributed by atoms with Crippen molar-refractivity contribution in [1.82, 2.24) is 0 Å². The van der Waals surface area contributed by atoms with Crippen LogP contribution in [0, 0.1) is 23.7 Å². The fraction of sp³-hybridized carbons (Fsp3) is 0.308. The first-order valence-electron chi connectivity index (χ1n) is 4.79. The lowest BCUT2D eigenvalue weighted by molar-refractivity contribution is 0.324. The van der Waals surface area contributed by atoms with Crippen molar-refractivity contribution < 1.29 is 0 Å². The van der Waals surface area contributed by atoms with E-state index in [2.05, 4.69) is 12.0 Å². The van der Waals surface area contributed by atoms with Gasteiger partial charge in [-0.25, -0.2) is 0 Å². The molecule has 0 N–H and O–H groups in total. The van der Waals surface area contributed by atoms with Gasteiger partial charge in [-0.1, -0.05) is 18.1 Å². The zero-order valence-electron chi connectivity index (χ0n) is 7.96. The van der Waals surface area contributed by atoms with Crippen molar-refractivity contribution in [3.63, 3.8) is 0 Å². The summed E-state index contributed by atoms with van der Waals surface area (Å²) in [6.45, 7) is 0. The van der Waals surface area contributed by atoms with E-state index < -0.39 is 0 Å². The summed E-state index contributed by atoms with van der Waals surface area (Å²) in [7, 11) is 0. The molecule has 0 unspecified atom stereocenters. The van der Waals surface area contributed by atoms with E-state index in [0.717, 1.165) is 30.4 Å². The van der Waals surface area contributed by atoms with Crippen LogP contribution in [-0.2, 0) is 5.41 Å². The topological polar surface area (TPSA) is 23.8 Å². The lowest BCUT2D eigenvalue weighted by Gasteiger charge is -2.35. The fourth-order valence-electron chi connectivity index (χ4n) is 1.88. The summed E-state index contributed by atoms with van der Waals surface area (Å²) in [6.07, 6.45) is 8.40. The summed E-state index contributed by atoms with van der Waals surface area (Å²) in [6, 6.07) is 10.2. The van der Waals surface area contributed by atoms with Gasteiger partial charge in [0, 0.05) is 5.56 Å². The first kappa shape index (κ1) is 8.85. The molecule has 0 amide bonds. The van der Waals surface area contributed by atoms with Crippen molar-refractivity contribution in [1.29, 1.82) is 5.26 Å². The first-order valence-corrected chi connectivity index (χ1v) is 4.79. The molecule has 1 fully saturated rings. The largest absolute Gasteiger partial charge is 0.197 e. The summed E-state index contributed by atoms with van der Waals surface area (Å²) in [5.41, 5.74) is 1.78. The maximum atomic E-state index is 9.13. The molecule has 1 nitrogen and oxygen atoms in total. The first-order chi connectivity index (χ1) is 6.80. The maximum absolute atomic E-state index is 9.13. The highest BCUT2D eigenvalue weighted by molar-refractivity contribution is 5.40. The average Bonchev–Trinajstić information content (AvgIpc) is 2.18. The van der Waals surface area contributed by atoms with Gasteiger partial charge in [0.05, 0.1) is 11.5 Å². The quantitative estimate of drug-likeness (QED) is 0.611. The monoisotopic (exact) mass is 181 g/mol. The Hall–Kier alpha value is -1.73. The van der Waals surface area contributed by atoms with E-state index in [1.807, 2.05) is 24.3 Å². The molecule has 1 aliphatic carbocycles. The predicted octanol–water partition coefficient (Wildman–Crippen LogP) is 2.61. The molecule has 2 rings (SSSR count). The molecule has 1 aliphatic rings. The number of nitriles is 1. The number of hydrogen-bond donors (Lipinski definition) is 0. The highest BCUT2D eigenvalue weighted by Gasteiger charge is 2.38. The van der Waals surface area contributed by atoms with Gasteiger partial charge in [0.1, 0.15) is 0 Å². The Morgan fingerprint density at radius 3 is 2.21 bits per heavy atom. The number of rotatable bonds is 1. The molecule has 1 heteroatoms. The van der Waals surface area contributed by atoms with Crippen LogP contribution in [0.2, 0.25) is 0 Å². The van der Waals surface area contributed by atoms with Gasteiger partial charge >= 0.3 is 0 Å². The van der Waals surface area contributed by atoms with Crippen molar-refractivity contribution in [3.8, 4) is 18.4 Å². The average molecular weight is 181 g/mol. The van der Waals surface area contributed by atoms with Gasteiger partial charge in [0.25, 0.3) is 0 Å². The molecule has 0 aromatic heterocycles. The Kier molecular flexibility index (Phi) is 2.02. The van der Waals surface area contributed by atoms with Gasteiger partial charge in [-0.2, -0.15) is 5.26 Å². The lowest BCUT2D eigenvalue weighted by Crippen LogP contribution is -2.32. The molecular weight excluding hydrogens is 170 g/mol. The second-order valence-electron chi connectivity index (χ2n) is 3.77. The highest BCUT2D eigenvalue weighted by atomic mass is 14.4. The van der Waals surface area contributed by atoms with Crippen molar-refractivity contribution in [3.05, 3.63) is 35.4 Å². The molecule has 0 bridgehead atoms. The molecule has 0 heterocycles. The van der Waals surface area contributed by atoms with Crippen molar-refractivity contribution >= 4 is 0 Å². The number of hydrogen-bond acceptors (Lipinski definition) is 1. The summed E-state index contributed by atoms with van der Waals surface area (Å²) >= 11 is 0. The molecule has 0 aliphatic heterocycles. The van der Waals surface area contributed by atoms with E-state index in [1.165, 1.54) is 0 Å². The molecule has 0 atom stereocenters. The Bertz CT molecular complexity index is 410. The minimum Gasteiger partial charge on any atom is -0.197 e. The minimum absolute atomic E-state index is 0.215. The van der Waals surface area contributed by atoms with Crippen LogP contribution >= 0.6 is 0 Å². The summed E-state index contributed by atoms with van der Waals surface area (Å²) in [5.74, 6) is 2.58. The van der Waals surface area contributed by atoms with Crippen molar-refractivity contribution in [2.75, 3.05) is 0 Å². The fourth-order valence-corrected chi connectivity index (χ4v) is 1.88. The Morgan fingerprint density at radius 1 is 1.21 bits per heavy atom. The SMILES string of the molecule is C#Cc1ccc(C2(C#N)CCC2)cc1. The molecule has 1 aromatic rings. The van der Waals surface area contributed by atoms with Gasteiger partial charge in [0.15, 0.2) is 0 Å². The Morgan fingerprint density at radius 2 is 1.86 bits per heavy atom. The zero-order chi connectivity index (χ0) is 10.0. The zero-order valence-corrected chi connectivity index (χ0v) is 7.96. The lowest BCUT2D eigenvalue weighted by atomic mass is 9.65. The highest BCUT2D eigenvalue weighted by Crippen LogP contribution is 2.42. The molecule has 0 spiro atoms. The normalized spacial score (nSPS) is 17.6. The Labute approximate surface area is 84.4 Å². The number of benzene rings is 1. The molecule has 1 aromatic carbocycles. The minimum atomic E-state index is -0.215. The number of nitrogens with zero attached hydrogens (tertiary/aromatic N) is 1. The predicted molar refractivity (Wildman–Crippen MR) is 55.5 cm³/mol. The molecule has 0 radical (unpaired) electrons. The van der Waals surface area contributed by atoms with Crippen LogP contribution in [0.5, 0.6) is 0 Å². The third kappa shape index (κ3) is 1.19. The third-order valence-electron chi connectivity index (χ3n) is 3.03. The van der Waals surface area contributed by atoms with Gasteiger partial charge in [-0.15, -0.1) is 6.42 Å².